The summed E-state index contributed by atoms with van der Waals surface area (Å²) in [6, 6.07) is 2.02. The van der Waals surface area contributed by atoms with Crippen molar-refractivity contribution in [2.24, 2.45) is 0 Å². The summed E-state index contributed by atoms with van der Waals surface area (Å²) < 4.78 is 51.8. The molecule has 1 aromatic heterocycles. The summed E-state index contributed by atoms with van der Waals surface area (Å²) in [4.78, 5) is 2.60. The molecular formula is C8H5ClF2N2O3S. The van der Waals surface area contributed by atoms with E-state index in [1.165, 1.54) is 6.07 Å². The van der Waals surface area contributed by atoms with E-state index in [-0.39, 0.29) is 0 Å². The maximum atomic E-state index is 12.6. The normalized spacial score (nSPS) is 11.3. The fourth-order valence-corrected chi connectivity index (χ4v) is 2.02. The van der Waals surface area contributed by atoms with Crippen molar-refractivity contribution in [1.29, 1.82) is 5.26 Å². The van der Waals surface area contributed by atoms with Crippen molar-refractivity contribution in [2.75, 3.05) is 7.11 Å². The van der Waals surface area contributed by atoms with Gasteiger partial charge in [-0.2, -0.15) is 5.26 Å². The molecule has 0 aliphatic heterocycles. The minimum Gasteiger partial charge on any atom is -0.481 e. The maximum Gasteiger partial charge on any atom is 0.269 e. The van der Waals surface area contributed by atoms with Gasteiger partial charge in [-0.1, -0.05) is 0 Å². The molecule has 0 fully saturated rings. The van der Waals surface area contributed by atoms with Gasteiger partial charge in [-0.15, -0.1) is 0 Å². The molecule has 5 nitrogen and oxygen atoms in total. The third-order valence-electron chi connectivity index (χ3n) is 1.78. The molecule has 0 N–H and O–H groups in total. The molecule has 1 heterocycles. The third kappa shape index (κ3) is 2.81. The van der Waals surface area contributed by atoms with Crippen LogP contribution in [0.3, 0.4) is 0 Å². The Kier molecular flexibility index (Phi) is 3.85. The van der Waals surface area contributed by atoms with Crippen LogP contribution in [0.5, 0.6) is 5.88 Å². The molecule has 9 heteroatoms. The lowest BCUT2D eigenvalue weighted by molar-refractivity contribution is 0.145. The Balaban J connectivity index is 3.64. The smallest absolute Gasteiger partial charge is 0.269 e. The van der Waals surface area contributed by atoms with Crippen LogP contribution in [0, 0.1) is 11.3 Å². The van der Waals surface area contributed by atoms with Gasteiger partial charge in [0.2, 0.25) is 5.88 Å². The van der Waals surface area contributed by atoms with Gasteiger partial charge in [0.25, 0.3) is 15.5 Å². The SMILES string of the molecule is COc1nc(C#N)c(S(=O)(=O)Cl)cc1C(F)F. The largest absolute Gasteiger partial charge is 0.481 e. The summed E-state index contributed by atoms with van der Waals surface area (Å²) in [7, 11) is 1.76. The second-order valence-electron chi connectivity index (χ2n) is 2.78. The van der Waals surface area contributed by atoms with E-state index in [9.17, 15) is 17.2 Å². The Morgan fingerprint density at radius 3 is 2.53 bits per heavy atom. The van der Waals surface area contributed by atoms with E-state index >= 15 is 0 Å². The molecule has 0 bridgehead atoms. The molecule has 0 saturated carbocycles. The molecule has 0 radical (unpaired) electrons. The number of pyridine rings is 1. The van der Waals surface area contributed by atoms with Crippen LogP contribution in [0.4, 0.5) is 8.78 Å². The fraction of sp³-hybridized carbons (Fsp3) is 0.250. The monoisotopic (exact) mass is 282 g/mol. The second-order valence-corrected chi connectivity index (χ2v) is 5.32. The van der Waals surface area contributed by atoms with Crippen LogP contribution in [0.2, 0.25) is 0 Å². The summed E-state index contributed by atoms with van der Waals surface area (Å²) >= 11 is 0. The van der Waals surface area contributed by atoms with Gasteiger partial charge in [0.05, 0.1) is 12.7 Å². The Bertz CT molecular complexity index is 583. The highest BCUT2D eigenvalue weighted by Crippen LogP contribution is 2.31. The van der Waals surface area contributed by atoms with Crippen molar-refractivity contribution in [1.82, 2.24) is 4.98 Å². The van der Waals surface area contributed by atoms with Crippen LogP contribution >= 0.6 is 10.7 Å². The number of rotatable bonds is 3. The van der Waals surface area contributed by atoms with Crippen LogP contribution in [0.15, 0.2) is 11.0 Å². The molecular weight excluding hydrogens is 278 g/mol. The molecule has 92 valence electrons. The van der Waals surface area contributed by atoms with Crippen LogP contribution < -0.4 is 4.74 Å². The predicted molar refractivity (Wildman–Crippen MR) is 53.5 cm³/mol. The highest BCUT2D eigenvalue weighted by molar-refractivity contribution is 8.13. The Hall–Kier alpha value is -1.46. The first-order chi connectivity index (χ1) is 7.81. The number of ether oxygens (including phenoxy) is 1. The van der Waals surface area contributed by atoms with Gasteiger partial charge in [0.1, 0.15) is 11.0 Å². The molecule has 0 unspecified atom stereocenters. The van der Waals surface area contributed by atoms with E-state index in [1.807, 2.05) is 0 Å². The van der Waals surface area contributed by atoms with Crippen LogP contribution in [-0.4, -0.2) is 20.5 Å². The van der Waals surface area contributed by atoms with Crippen LogP contribution in [0.1, 0.15) is 17.7 Å². The number of aromatic nitrogens is 1. The average molecular weight is 283 g/mol. The second kappa shape index (κ2) is 4.81. The molecule has 0 atom stereocenters. The number of halogens is 3. The number of alkyl halides is 2. The van der Waals surface area contributed by atoms with Crippen molar-refractivity contribution in [3.63, 3.8) is 0 Å². The molecule has 0 spiro atoms. The summed E-state index contributed by atoms with van der Waals surface area (Å²) in [5.41, 5.74) is -1.34. The molecule has 0 aliphatic carbocycles. The molecule has 17 heavy (non-hydrogen) atoms. The lowest BCUT2D eigenvalue weighted by atomic mass is 10.2. The van der Waals surface area contributed by atoms with E-state index in [2.05, 4.69) is 9.72 Å². The predicted octanol–water partition coefficient (Wildman–Crippen LogP) is 1.83. The first kappa shape index (κ1) is 13.6. The summed E-state index contributed by atoms with van der Waals surface area (Å²) in [6.45, 7) is 0. The average Bonchev–Trinajstić information content (AvgIpc) is 2.25. The molecule has 1 rings (SSSR count). The van der Waals surface area contributed by atoms with Gasteiger partial charge in [0.15, 0.2) is 5.69 Å². The quantitative estimate of drug-likeness (QED) is 0.790. The van der Waals surface area contributed by atoms with Crippen molar-refractivity contribution in [3.05, 3.63) is 17.3 Å². The molecule has 0 aromatic carbocycles. The lowest BCUT2D eigenvalue weighted by Gasteiger charge is -2.08. The van der Waals surface area contributed by atoms with Gasteiger partial charge in [-0.3, -0.25) is 0 Å². The molecule has 1 aromatic rings. The van der Waals surface area contributed by atoms with E-state index in [0.29, 0.717) is 6.07 Å². The van der Waals surface area contributed by atoms with E-state index in [1.54, 1.807) is 0 Å². The summed E-state index contributed by atoms with van der Waals surface area (Å²) in [6.07, 6.45) is -3.00. The number of hydrogen-bond donors (Lipinski definition) is 0. The fourth-order valence-electron chi connectivity index (χ4n) is 1.08. The maximum absolute atomic E-state index is 12.6. The molecule has 0 aliphatic rings. The standard InChI is InChI=1S/C8H5ClF2N2O3S/c1-16-8-4(7(10)11)2-6(17(9,14)15)5(3-12)13-8/h2,7H,1H3. The summed E-state index contributed by atoms with van der Waals surface area (Å²) in [5.74, 6) is -0.513. The number of hydrogen-bond acceptors (Lipinski definition) is 5. The van der Waals surface area contributed by atoms with Gasteiger partial charge < -0.3 is 4.74 Å². The lowest BCUT2D eigenvalue weighted by Crippen LogP contribution is -2.04. The third-order valence-corrected chi connectivity index (χ3v) is 3.11. The number of nitrogens with zero attached hydrogens (tertiary/aromatic N) is 2. The van der Waals surface area contributed by atoms with Gasteiger partial charge in [-0.05, 0) is 6.07 Å². The highest BCUT2D eigenvalue weighted by atomic mass is 35.7. The molecule has 0 amide bonds. The van der Waals surface area contributed by atoms with Gasteiger partial charge >= 0.3 is 0 Å². The minimum absolute atomic E-state index is 0.513. The van der Waals surface area contributed by atoms with Crippen molar-refractivity contribution in [3.8, 4) is 11.9 Å². The van der Waals surface area contributed by atoms with Crippen molar-refractivity contribution >= 4 is 19.7 Å². The zero-order valence-corrected chi connectivity index (χ0v) is 9.89. The van der Waals surface area contributed by atoms with Gasteiger partial charge in [-0.25, -0.2) is 22.2 Å². The number of methoxy groups -OCH3 is 1. The summed E-state index contributed by atoms with van der Waals surface area (Å²) in [5, 5.41) is 8.65. The van der Waals surface area contributed by atoms with E-state index in [4.69, 9.17) is 15.9 Å². The topological polar surface area (TPSA) is 80.0 Å². The van der Waals surface area contributed by atoms with Gasteiger partial charge in [0, 0.05) is 10.7 Å². The Morgan fingerprint density at radius 2 is 2.18 bits per heavy atom. The van der Waals surface area contributed by atoms with Crippen LogP contribution in [-0.2, 0) is 9.05 Å². The first-order valence-corrected chi connectivity index (χ1v) is 6.34. The molecule has 0 saturated heterocycles. The minimum atomic E-state index is -4.33. The van der Waals surface area contributed by atoms with Crippen LogP contribution in [0.25, 0.3) is 0 Å². The highest BCUT2D eigenvalue weighted by Gasteiger charge is 2.24. The zero-order chi connectivity index (χ0) is 13.2. The Labute approximate surface area is 100 Å². The van der Waals surface area contributed by atoms with E-state index < -0.39 is 37.5 Å². The van der Waals surface area contributed by atoms with Crippen molar-refractivity contribution in [2.45, 2.75) is 11.3 Å². The zero-order valence-electron chi connectivity index (χ0n) is 8.32. The van der Waals surface area contributed by atoms with E-state index in [0.717, 1.165) is 7.11 Å². The Morgan fingerprint density at radius 1 is 1.59 bits per heavy atom. The van der Waals surface area contributed by atoms with Crippen molar-refractivity contribution < 1.29 is 21.9 Å². The first-order valence-electron chi connectivity index (χ1n) is 4.03. The number of nitriles is 1.